The van der Waals surface area contributed by atoms with E-state index in [-0.39, 0.29) is 6.42 Å². The van der Waals surface area contributed by atoms with Gasteiger partial charge in [-0.2, -0.15) is 0 Å². The van der Waals surface area contributed by atoms with Crippen LogP contribution in [0.25, 0.3) is 33.4 Å². The van der Waals surface area contributed by atoms with Crippen molar-refractivity contribution in [2.75, 3.05) is 5.32 Å². The van der Waals surface area contributed by atoms with Crippen molar-refractivity contribution in [1.29, 1.82) is 0 Å². The van der Waals surface area contributed by atoms with Gasteiger partial charge in [0.25, 0.3) is 0 Å². The molecule has 3 aromatic carbocycles. The highest BCUT2D eigenvalue weighted by Crippen LogP contribution is 2.36. The minimum Gasteiger partial charge on any atom is -0.481 e. The van der Waals surface area contributed by atoms with Gasteiger partial charge in [0.05, 0.1) is 11.9 Å². The van der Waals surface area contributed by atoms with E-state index in [1.165, 1.54) is 0 Å². The molecule has 39 heavy (non-hydrogen) atoms. The second-order valence-electron chi connectivity index (χ2n) is 9.33. The monoisotopic (exact) mass is 543 g/mol. The van der Waals surface area contributed by atoms with Gasteiger partial charge < -0.3 is 19.4 Å². The van der Waals surface area contributed by atoms with Crippen LogP contribution in [0.5, 0.6) is 0 Å². The summed E-state index contributed by atoms with van der Waals surface area (Å²) in [4.78, 5) is 27.3. The first-order chi connectivity index (χ1) is 18.7. The van der Waals surface area contributed by atoms with Crippen LogP contribution in [0.15, 0.2) is 71.3 Å². The highest BCUT2D eigenvalue weighted by molar-refractivity contribution is 6.31. The fraction of sp³-hybridized carbons (Fsp3) is 0.167. The molecule has 1 unspecified atom stereocenters. The van der Waals surface area contributed by atoms with E-state index in [1.54, 1.807) is 26.0 Å². The number of ether oxygens (including phenoxy) is 1. The first kappa shape index (κ1) is 26.1. The zero-order valence-electron chi connectivity index (χ0n) is 21.5. The standard InChI is InChI=1S/C30H26ClN3O5/c1-16-14-24-23(13-12-21(15-26(35)36)28(24)32-16)19-8-10-20(11-9-19)29-27(17(2)34-39-29)33-30(37)38-18(3)22-6-4-5-7-25(22)31/h4-14,18,32H,15H2,1-3H3,(H,33,37)(H,35,36). The van der Waals surface area contributed by atoms with Crippen LogP contribution in [0, 0.1) is 13.8 Å². The molecular formula is C30H26ClN3O5. The van der Waals surface area contributed by atoms with Gasteiger partial charge in [-0.25, -0.2) is 4.79 Å². The number of nitrogens with zero attached hydrogens (tertiary/aromatic N) is 1. The number of carboxylic acids is 1. The predicted molar refractivity (Wildman–Crippen MR) is 150 cm³/mol. The number of rotatable bonds is 7. The van der Waals surface area contributed by atoms with E-state index in [0.717, 1.165) is 38.9 Å². The zero-order valence-corrected chi connectivity index (χ0v) is 22.3. The fourth-order valence-electron chi connectivity index (χ4n) is 4.65. The molecule has 0 aliphatic heterocycles. The number of nitrogens with one attached hydrogen (secondary N) is 2. The SMILES string of the molecule is Cc1cc2c(-c3ccc(-c4onc(C)c4NC(=O)OC(C)c4ccccc4Cl)cc3)ccc(CC(=O)O)c2[nH]1. The van der Waals surface area contributed by atoms with Crippen molar-refractivity contribution in [3.8, 4) is 22.5 Å². The Morgan fingerprint density at radius 3 is 2.51 bits per heavy atom. The van der Waals surface area contributed by atoms with E-state index in [2.05, 4.69) is 15.5 Å². The van der Waals surface area contributed by atoms with Crippen LogP contribution in [0.3, 0.4) is 0 Å². The Balaban J connectivity index is 1.39. The third kappa shape index (κ3) is 5.37. The molecule has 0 aliphatic carbocycles. The number of aryl methyl sites for hydroxylation is 2. The van der Waals surface area contributed by atoms with Crippen LogP contribution in [0.4, 0.5) is 10.5 Å². The summed E-state index contributed by atoms with van der Waals surface area (Å²) in [6.45, 7) is 5.43. The first-order valence-corrected chi connectivity index (χ1v) is 12.7. The summed E-state index contributed by atoms with van der Waals surface area (Å²) in [5, 5.41) is 17.5. The van der Waals surface area contributed by atoms with Gasteiger partial charge in [-0.05, 0) is 49.6 Å². The second kappa shape index (κ2) is 10.7. The van der Waals surface area contributed by atoms with Gasteiger partial charge in [0.1, 0.15) is 17.5 Å². The van der Waals surface area contributed by atoms with Gasteiger partial charge >= 0.3 is 12.1 Å². The van der Waals surface area contributed by atoms with Crippen molar-refractivity contribution in [1.82, 2.24) is 10.1 Å². The van der Waals surface area contributed by atoms with Gasteiger partial charge in [0.15, 0.2) is 5.76 Å². The summed E-state index contributed by atoms with van der Waals surface area (Å²) in [5.41, 5.74) is 6.77. The summed E-state index contributed by atoms with van der Waals surface area (Å²) < 4.78 is 11.1. The number of aliphatic carboxylic acids is 1. The number of carbonyl (C=O) groups is 2. The summed E-state index contributed by atoms with van der Waals surface area (Å²) >= 11 is 6.23. The molecule has 8 nitrogen and oxygen atoms in total. The summed E-state index contributed by atoms with van der Waals surface area (Å²) in [6, 6.07) is 20.6. The number of carbonyl (C=O) groups excluding carboxylic acids is 1. The number of hydrogen-bond donors (Lipinski definition) is 3. The summed E-state index contributed by atoms with van der Waals surface area (Å²) in [7, 11) is 0. The third-order valence-corrected chi connectivity index (χ3v) is 6.88. The highest BCUT2D eigenvalue weighted by Gasteiger charge is 2.21. The zero-order chi connectivity index (χ0) is 27.7. The number of amides is 1. The lowest BCUT2D eigenvalue weighted by molar-refractivity contribution is -0.136. The Labute approximate surface area is 229 Å². The number of carboxylic acid groups (broad SMARTS) is 1. The Morgan fingerprint density at radius 2 is 1.79 bits per heavy atom. The maximum absolute atomic E-state index is 12.7. The van der Waals surface area contributed by atoms with E-state index in [0.29, 0.717) is 27.7 Å². The average molecular weight is 544 g/mol. The van der Waals surface area contributed by atoms with Crippen molar-refractivity contribution in [3.05, 3.63) is 94.3 Å². The van der Waals surface area contributed by atoms with Gasteiger partial charge in [-0.15, -0.1) is 0 Å². The maximum Gasteiger partial charge on any atom is 0.412 e. The minimum atomic E-state index is -0.880. The average Bonchev–Trinajstić information content (AvgIpc) is 3.46. The van der Waals surface area contributed by atoms with Crippen LogP contribution >= 0.6 is 11.6 Å². The molecule has 5 aromatic rings. The van der Waals surface area contributed by atoms with Crippen LogP contribution in [-0.4, -0.2) is 27.3 Å². The molecule has 1 amide bonds. The van der Waals surface area contributed by atoms with E-state index >= 15 is 0 Å². The molecule has 1 atom stereocenters. The Hall–Kier alpha value is -4.56. The molecule has 2 heterocycles. The highest BCUT2D eigenvalue weighted by atomic mass is 35.5. The fourth-order valence-corrected chi connectivity index (χ4v) is 4.94. The quantitative estimate of drug-likeness (QED) is 0.193. The summed E-state index contributed by atoms with van der Waals surface area (Å²) in [6.07, 6.45) is -1.27. The number of halogens is 1. The largest absolute Gasteiger partial charge is 0.481 e. The molecule has 0 fully saturated rings. The first-order valence-electron chi connectivity index (χ1n) is 12.3. The molecule has 0 saturated heterocycles. The lowest BCUT2D eigenvalue weighted by Crippen LogP contribution is -2.17. The second-order valence-corrected chi connectivity index (χ2v) is 9.73. The lowest BCUT2D eigenvalue weighted by Gasteiger charge is -2.15. The van der Waals surface area contributed by atoms with Crippen LogP contribution in [-0.2, 0) is 16.0 Å². The van der Waals surface area contributed by atoms with Crippen LogP contribution < -0.4 is 5.32 Å². The van der Waals surface area contributed by atoms with Crippen LogP contribution in [0.2, 0.25) is 5.02 Å². The van der Waals surface area contributed by atoms with Gasteiger partial charge in [0, 0.05) is 27.2 Å². The van der Waals surface area contributed by atoms with Crippen molar-refractivity contribution < 1.29 is 24.0 Å². The molecule has 2 aromatic heterocycles. The van der Waals surface area contributed by atoms with Crippen molar-refractivity contribution in [2.45, 2.75) is 33.3 Å². The molecule has 9 heteroatoms. The topological polar surface area (TPSA) is 117 Å². The van der Waals surface area contributed by atoms with Gasteiger partial charge in [-0.1, -0.05) is 71.4 Å². The van der Waals surface area contributed by atoms with Crippen molar-refractivity contribution in [2.24, 2.45) is 0 Å². The maximum atomic E-state index is 12.7. The molecule has 198 valence electrons. The number of fused-ring (bicyclic) bond motifs is 1. The number of aromatic nitrogens is 2. The Morgan fingerprint density at radius 1 is 1.08 bits per heavy atom. The normalized spacial score (nSPS) is 11.9. The number of anilines is 1. The number of H-pyrrole nitrogens is 1. The lowest BCUT2D eigenvalue weighted by atomic mass is 9.97. The molecule has 5 rings (SSSR count). The molecule has 0 saturated carbocycles. The number of aromatic amines is 1. The van der Waals surface area contributed by atoms with E-state index in [9.17, 15) is 14.7 Å². The van der Waals surface area contributed by atoms with E-state index in [4.69, 9.17) is 20.9 Å². The molecular weight excluding hydrogens is 518 g/mol. The Bertz CT molecular complexity index is 1690. The molecule has 0 aliphatic rings. The van der Waals surface area contributed by atoms with Crippen LogP contribution in [0.1, 0.15) is 35.5 Å². The Kier molecular flexibility index (Phi) is 7.13. The van der Waals surface area contributed by atoms with Crippen molar-refractivity contribution in [3.63, 3.8) is 0 Å². The van der Waals surface area contributed by atoms with Gasteiger partial charge in [0.2, 0.25) is 0 Å². The predicted octanol–water partition coefficient (Wildman–Crippen LogP) is 7.70. The number of hydrogen-bond acceptors (Lipinski definition) is 5. The van der Waals surface area contributed by atoms with Crippen molar-refractivity contribution >= 4 is 40.3 Å². The van der Waals surface area contributed by atoms with E-state index < -0.39 is 18.2 Å². The smallest absolute Gasteiger partial charge is 0.412 e. The van der Waals surface area contributed by atoms with Gasteiger partial charge in [-0.3, -0.25) is 10.1 Å². The molecule has 0 spiro atoms. The minimum absolute atomic E-state index is 0.0596. The molecule has 0 radical (unpaired) electrons. The molecule has 0 bridgehead atoms. The third-order valence-electron chi connectivity index (χ3n) is 6.53. The number of benzene rings is 3. The van der Waals surface area contributed by atoms with E-state index in [1.807, 2.05) is 61.5 Å². The summed E-state index contributed by atoms with van der Waals surface area (Å²) in [5.74, 6) is -0.476. The molecule has 3 N–H and O–H groups in total.